The van der Waals surface area contributed by atoms with Gasteiger partial charge in [0.1, 0.15) is 0 Å². The molecule has 4 heavy (non-hydrogen) atoms. The van der Waals surface area contributed by atoms with Gasteiger partial charge in [0.15, 0.2) is 0 Å². The van der Waals surface area contributed by atoms with Gasteiger partial charge in [0, 0.05) is 6.34 Å². The van der Waals surface area contributed by atoms with Crippen LogP contribution < -0.4 is 4.30 Å². The molecular weight excluding hydrogens is 67.0 g/mol. The summed E-state index contributed by atoms with van der Waals surface area (Å²) >= 11 is -0.0756. The van der Waals surface area contributed by atoms with Crippen LogP contribution in [0.15, 0.2) is 3.98 Å². The number of nitrogens with one attached hydrogen (secondary N) is 1. The molecule has 0 fully saturated rings. The van der Waals surface area contributed by atoms with Gasteiger partial charge in [-0.1, -0.05) is 0 Å². The third kappa shape index (κ3) is 0.126. The molecule has 0 atom stereocenters. The second kappa shape index (κ2) is 0.752. The van der Waals surface area contributed by atoms with E-state index in [4.69, 9.17) is 0 Å². The molecule has 0 aromatic carbocycles. The van der Waals surface area contributed by atoms with Gasteiger partial charge in [-0.25, -0.2) is 0 Å². The molecule has 1 aliphatic rings. The zero-order valence-corrected chi connectivity index (χ0v) is 3.65. The average molecular weight is 70.0 g/mol. The second-order valence-corrected chi connectivity index (χ2v) is 1.76. The monoisotopic (exact) mass is 70.0 g/mol. The molecule has 2 nitrogen and oxygen atoms in total. The quantitative estimate of drug-likeness (QED) is 0.359. The van der Waals surface area contributed by atoms with Gasteiger partial charge in [0.25, 0.3) is 0 Å². The Labute approximate surface area is 31.1 Å². The molecule has 0 aromatic heterocycles. The highest BCUT2D eigenvalue weighted by Crippen LogP contribution is 1.59. The maximum Gasteiger partial charge on any atom is 0.566 e. The lowest BCUT2D eigenvalue weighted by Gasteiger charge is -1.96. The fourth-order valence-electron chi connectivity index (χ4n) is 0.0913. The molecule has 3 heteroatoms. The van der Waals surface area contributed by atoms with Gasteiger partial charge in [-0.3, -0.25) is 0 Å². The summed E-state index contributed by atoms with van der Waals surface area (Å²) in [5.41, 5.74) is 0. The minimum absolute atomic E-state index is 0.0756. The molecule has 1 rings (SSSR count). The summed E-state index contributed by atoms with van der Waals surface area (Å²) in [5.74, 6) is 0. The normalized spacial score (nSPS) is 16.0. The van der Waals surface area contributed by atoms with Crippen LogP contribution in [0, 0.1) is 0 Å². The summed E-state index contributed by atoms with van der Waals surface area (Å²) in [4.78, 5) is 0. The number of nitrogens with zero attached hydrogens (tertiary/aromatic N) is 1. The molecule has 0 spiro atoms. The first kappa shape index (κ1) is 2.25. The van der Waals surface area contributed by atoms with Crippen LogP contribution in [0.2, 0.25) is 0 Å². The Morgan fingerprint density at radius 3 is 2.25 bits per heavy atom. The average Bonchev–Trinajstić information content (AvgIpc) is 0.722. The van der Waals surface area contributed by atoms with Gasteiger partial charge in [-0.05, 0) is 0 Å². The van der Waals surface area contributed by atoms with E-state index in [-0.39, 0.29) is 15.7 Å². The molecule has 1 heterocycles. The van der Waals surface area contributed by atoms with Gasteiger partial charge in [0.05, 0.1) is 0 Å². The van der Waals surface area contributed by atoms with Crippen LogP contribution in [-0.4, -0.2) is 22.0 Å². The molecule has 0 unspecified atom stereocenters. The topological polar surface area (TPSA) is 24.4 Å². The Balaban J connectivity index is 2.47. The Morgan fingerprint density at radius 1 is 2.00 bits per heavy atom. The van der Waals surface area contributed by atoms with E-state index in [9.17, 15) is 0 Å². The van der Waals surface area contributed by atoms with Gasteiger partial charge in [-0.15, -0.1) is 0 Å². The van der Waals surface area contributed by atoms with Crippen molar-refractivity contribution in [1.29, 1.82) is 0 Å². The fraction of sp³-hybridized carbons (Fsp3) is 0. The number of hydrogen-bond donors (Lipinski definition) is 1. The Hall–Kier alpha value is 0.00247. The maximum absolute atomic E-state index is 3.82. The zero-order valence-electron chi connectivity index (χ0n) is 2.23. The van der Waals surface area contributed by atoms with Crippen LogP contribution >= 0.6 is 0 Å². The summed E-state index contributed by atoms with van der Waals surface area (Å²) in [6.45, 7) is 0. The molecule has 0 saturated heterocycles. The van der Waals surface area contributed by atoms with Crippen LogP contribution in [0.3, 0.4) is 0 Å². The van der Waals surface area contributed by atoms with Gasteiger partial charge in [0.2, 0.25) is 0 Å². The summed E-state index contributed by atoms with van der Waals surface area (Å²) in [6, 6.07) is 0. The minimum atomic E-state index is -0.0756. The summed E-state index contributed by atoms with van der Waals surface area (Å²) < 4.78 is 6.78. The fourth-order valence-corrected chi connectivity index (χ4v) is 0.274. The summed E-state index contributed by atoms with van der Waals surface area (Å²) in [7, 11) is 0. The van der Waals surface area contributed by atoms with E-state index in [0.717, 1.165) is 0 Å². The number of hydrogen-bond acceptors (Lipinski definition) is 2. The SMILES string of the molecule is C1=[N][AlH][NH]1. The van der Waals surface area contributed by atoms with Gasteiger partial charge in [-0.2, -0.15) is 0 Å². The summed E-state index contributed by atoms with van der Waals surface area (Å²) in [5, 5.41) is 0. The van der Waals surface area contributed by atoms with E-state index in [2.05, 4.69) is 8.28 Å². The van der Waals surface area contributed by atoms with E-state index in [1.165, 1.54) is 0 Å². The van der Waals surface area contributed by atoms with Crippen LogP contribution in [0.25, 0.3) is 0 Å². The van der Waals surface area contributed by atoms with Crippen LogP contribution in [-0.2, 0) is 0 Å². The molecule has 0 aliphatic carbocycles. The van der Waals surface area contributed by atoms with E-state index < -0.39 is 0 Å². The Morgan fingerprint density at radius 2 is 2.25 bits per heavy atom. The third-order valence-corrected chi connectivity index (χ3v) is 1.10. The smallest absolute Gasteiger partial charge is 0.453 e. The maximum atomic E-state index is 3.82. The van der Waals surface area contributed by atoms with Crippen molar-refractivity contribution in [3.63, 3.8) is 0 Å². The zero-order chi connectivity index (χ0) is 2.83. The van der Waals surface area contributed by atoms with Crippen molar-refractivity contribution in [1.82, 2.24) is 4.30 Å². The van der Waals surface area contributed by atoms with Crippen LogP contribution in [0.5, 0.6) is 0 Å². The highest BCUT2D eigenvalue weighted by molar-refractivity contribution is 6.41. The predicted octanol–water partition coefficient (Wildman–Crippen LogP) is -1.12. The van der Waals surface area contributed by atoms with Crippen molar-refractivity contribution in [3.8, 4) is 0 Å². The first-order valence-electron chi connectivity index (χ1n) is 1.22. The lowest BCUT2D eigenvalue weighted by molar-refractivity contribution is 1.40. The van der Waals surface area contributed by atoms with E-state index in [1.54, 1.807) is 6.34 Å². The van der Waals surface area contributed by atoms with Crippen molar-refractivity contribution in [2.45, 2.75) is 0 Å². The van der Waals surface area contributed by atoms with Crippen molar-refractivity contribution in [2.75, 3.05) is 0 Å². The highest BCUT2D eigenvalue weighted by Gasteiger charge is 1.89. The molecule has 0 amide bonds. The Bertz CT molecular complexity index is 35.3. The molecule has 0 bridgehead atoms. The Kier molecular flexibility index (Phi) is 0.423. The van der Waals surface area contributed by atoms with Crippen molar-refractivity contribution >= 4 is 22.0 Å². The molecule has 0 saturated carbocycles. The van der Waals surface area contributed by atoms with Crippen LogP contribution in [0.1, 0.15) is 0 Å². The molecule has 1 N–H and O–H groups in total. The predicted molar refractivity (Wildman–Crippen MR) is 18.8 cm³/mol. The van der Waals surface area contributed by atoms with Gasteiger partial charge < -0.3 is 8.28 Å². The highest BCUT2D eigenvalue weighted by atomic mass is 27.1. The molecular formula is CH3AlN2. The largest absolute Gasteiger partial charge is 0.566 e. The van der Waals surface area contributed by atoms with E-state index in [1.807, 2.05) is 0 Å². The first-order chi connectivity index (χ1) is 2.00. The second-order valence-electron chi connectivity index (χ2n) is 0.674. The summed E-state index contributed by atoms with van der Waals surface area (Å²) in [6.07, 6.45) is 1.74. The molecule has 0 radical (unpaired) electrons. The molecule has 20 valence electrons. The van der Waals surface area contributed by atoms with Crippen molar-refractivity contribution < 1.29 is 0 Å². The molecule has 1 aliphatic heterocycles. The van der Waals surface area contributed by atoms with Gasteiger partial charge >= 0.3 is 15.7 Å². The van der Waals surface area contributed by atoms with E-state index in [0.29, 0.717) is 0 Å². The van der Waals surface area contributed by atoms with Crippen molar-refractivity contribution in [2.24, 2.45) is 3.98 Å². The number of rotatable bonds is 0. The first-order valence-corrected chi connectivity index (χ1v) is 2.56. The minimum Gasteiger partial charge on any atom is -0.453 e. The lowest BCUT2D eigenvalue weighted by Crippen LogP contribution is -2.24. The van der Waals surface area contributed by atoms with E-state index >= 15 is 0 Å². The molecule has 0 aromatic rings. The lowest BCUT2D eigenvalue weighted by atomic mass is 11.4. The van der Waals surface area contributed by atoms with Crippen molar-refractivity contribution in [3.05, 3.63) is 0 Å². The standard InChI is InChI=1S/CH2N2.Al.H/c2-1-3;;/h1H,(H-2,2,3);;/q-2;+2;. The van der Waals surface area contributed by atoms with Crippen LogP contribution in [0.4, 0.5) is 0 Å². The third-order valence-electron chi connectivity index (χ3n) is 0.365.